The van der Waals surface area contributed by atoms with Crippen LogP contribution in [-0.4, -0.2) is 36.5 Å². The first-order valence-corrected chi connectivity index (χ1v) is 8.04. The molecular formula is C14H18N2O3S. The van der Waals surface area contributed by atoms with Crippen LogP contribution in [-0.2, 0) is 16.4 Å². The monoisotopic (exact) mass is 294 g/mol. The van der Waals surface area contributed by atoms with E-state index in [9.17, 15) is 13.5 Å². The van der Waals surface area contributed by atoms with Gasteiger partial charge in [0.2, 0.25) is 10.0 Å². The summed E-state index contributed by atoms with van der Waals surface area (Å²) >= 11 is 0. The van der Waals surface area contributed by atoms with E-state index in [-0.39, 0.29) is 24.4 Å². The molecule has 0 amide bonds. The van der Waals surface area contributed by atoms with Gasteiger partial charge in [-0.3, -0.25) is 0 Å². The fraction of sp³-hybridized carbons (Fsp3) is 0.500. The number of aliphatic hydroxyl groups is 1. The first kappa shape index (κ1) is 15.0. The minimum absolute atomic E-state index is 0.156. The topological polar surface area (TPSA) is 81.4 Å². The van der Waals surface area contributed by atoms with Crippen LogP contribution in [0.15, 0.2) is 29.2 Å². The van der Waals surface area contributed by atoms with Crippen molar-refractivity contribution in [3.05, 3.63) is 29.8 Å². The van der Waals surface area contributed by atoms with Crippen LogP contribution in [0.1, 0.15) is 25.3 Å². The van der Waals surface area contributed by atoms with E-state index in [1.165, 1.54) is 16.4 Å². The van der Waals surface area contributed by atoms with Crippen molar-refractivity contribution < 1.29 is 13.5 Å². The van der Waals surface area contributed by atoms with Crippen LogP contribution >= 0.6 is 0 Å². The second kappa shape index (κ2) is 5.52. The Morgan fingerprint density at radius 2 is 1.95 bits per heavy atom. The van der Waals surface area contributed by atoms with Crippen molar-refractivity contribution in [1.29, 1.82) is 5.26 Å². The molecule has 1 saturated heterocycles. The molecule has 1 aromatic carbocycles. The van der Waals surface area contributed by atoms with Gasteiger partial charge in [-0.1, -0.05) is 25.5 Å². The van der Waals surface area contributed by atoms with Crippen molar-refractivity contribution in [2.75, 3.05) is 13.1 Å². The van der Waals surface area contributed by atoms with E-state index >= 15 is 0 Å². The number of β-amino-alcohol motifs (C(OH)–C–C–N with tert-alkyl or cyclic N) is 1. The molecule has 6 heteroatoms. The molecule has 0 bridgehead atoms. The van der Waals surface area contributed by atoms with Crippen LogP contribution in [0.3, 0.4) is 0 Å². The lowest BCUT2D eigenvalue weighted by Gasteiger charge is -2.45. The highest BCUT2D eigenvalue weighted by Gasteiger charge is 2.46. The van der Waals surface area contributed by atoms with E-state index in [4.69, 9.17) is 5.26 Å². The number of nitrogens with zero attached hydrogens (tertiary/aromatic N) is 2. The van der Waals surface area contributed by atoms with Crippen molar-refractivity contribution in [2.45, 2.75) is 36.7 Å². The van der Waals surface area contributed by atoms with Crippen molar-refractivity contribution in [3.8, 4) is 6.07 Å². The highest BCUT2D eigenvalue weighted by molar-refractivity contribution is 7.89. The van der Waals surface area contributed by atoms with Crippen LogP contribution in [0.5, 0.6) is 0 Å². The van der Waals surface area contributed by atoms with E-state index in [0.29, 0.717) is 6.42 Å². The fourth-order valence-electron chi connectivity index (χ4n) is 2.42. The lowest BCUT2D eigenvalue weighted by Crippen LogP contribution is -2.63. The smallest absolute Gasteiger partial charge is 0.243 e. The molecule has 20 heavy (non-hydrogen) atoms. The molecule has 0 atom stereocenters. The highest BCUT2D eigenvalue weighted by Crippen LogP contribution is 2.31. The van der Waals surface area contributed by atoms with Gasteiger partial charge in [0, 0.05) is 13.1 Å². The Labute approximate surface area is 119 Å². The lowest BCUT2D eigenvalue weighted by molar-refractivity contribution is -0.0653. The van der Waals surface area contributed by atoms with E-state index in [2.05, 4.69) is 0 Å². The average molecular weight is 294 g/mol. The summed E-state index contributed by atoms with van der Waals surface area (Å²) in [4.78, 5) is 0.206. The summed E-state index contributed by atoms with van der Waals surface area (Å²) in [5.74, 6) is 0. The van der Waals surface area contributed by atoms with Crippen molar-refractivity contribution in [1.82, 2.24) is 4.31 Å². The molecular weight excluding hydrogens is 276 g/mol. The normalized spacial score (nSPS) is 18.2. The molecule has 5 nitrogen and oxygen atoms in total. The third-order valence-electron chi connectivity index (χ3n) is 3.50. The van der Waals surface area contributed by atoms with E-state index in [1.54, 1.807) is 12.1 Å². The van der Waals surface area contributed by atoms with Gasteiger partial charge in [0.05, 0.1) is 23.0 Å². The zero-order valence-corrected chi connectivity index (χ0v) is 12.2. The molecule has 1 fully saturated rings. The molecule has 108 valence electrons. The lowest BCUT2D eigenvalue weighted by atomic mass is 9.92. The van der Waals surface area contributed by atoms with Crippen molar-refractivity contribution in [3.63, 3.8) is 0 Å². The third-order valence-corrected chi connectivity index (χ3v) is 5.31. The molecule has 2 rings (SSSR count). The maximum Gasteiger partial charge on any atom is 0.243 e. The highest BCUT2D eigenvalue weighted by atomic mass is 32.2. The summed E-state index contributed by atoms with van der Waals surface area (Å²) in [5.41, 5.74) is -0.0831. The van der Waals surface area contributed by atoms with Crippen LogP contribution < -0.4 is 0 Å². The number of rotatable bonds is 5. The fourth-order valence-corrected chi connectivity index (χ4v) is 4.02. The zero-order chi connectivity index (χ0) is 14.8. The third kappa shape index (κ3) is 2.85. The van der Waals surface area contributed by atoms with Gasteiger partial charge in [-0.2, -0.15) is 9.57 Å². The number of benzene rings is 1. The van der Waals surface area contributed by atoms with E-state index in [0.717, 1.165) is 12.0 Å². The van der Waals surface area contributed by atoms with Gasteiger partial charge in [-0.05, 0) is 24.1 Å². The minimum Gasteiger partial charge on any atom is -0.387 e. The van der Waals surface area contributed by atoms with E-state index in [1.807, 2.05) is 13.0 Å². The summed E-state index contributed by atoms with van der Waals surface area (Å²) in [6.45, 7) is 2.27. The van der Waals surface area contributed by atoms with Gasteiger partial charge in [0.1, 0.15) is 0 Å². The minimum atomic E-state index is -3.53. The Kier molecular flexibility index (Phi) is 4.14. The summed E-state index contributed by atoms with van der Waals surface area (Å²) in [5, 5.41) is 18.7. The molecule has 1 heterocycles. The number of hydrogen-bond donors (Lipinski definition) is 1. The largest absolute Gasteiger partial charge is 0.387 e. The Bertz CT molecular complexity index is 611. The molecule has 0 aliphatic carbocycles. The molecule has 1 N–H and O–H groups in total. The van der Waals surface area contributed by atoms with Gasteiger partial charge in [-0.25, -0.2) is 8.42 Å². The average Bonchev–Trinajstić information content (AvgIpc) is 2.37. The van der Waals surface area contributed by atoms with Crippen molar-refractivity contribution >= 4 is 10.0 Å². The van der Waals surface area contributed by atoms with Gasteiger partial charge in [0.15, 0.2) is 0 Å². The van der Waals surface area contributed by atoms with Gasteiger partial charge in [-0.15, -0.1) is 0 Å². The molecule has 1 aromatic rings. The molecule has 0 spiro atoms. The second-order valence-electron chi connectivity index (χ2n) is 5.23. The number of nitriles is 1. The van der Waals surface area contributed by atoms with Gasteiger partial charge < -0.3 is 5.11 Å². The SMILES string of the molecule is CCCC1(O)CN(S(=O)(=O)c2ccc(CC#N)cc2)C1. The number of sulfonamides is 1. The quantitative estimate of drug-likeness (QED) is 0.887. The van der Waals surface area contributed by atoms with Crippen molar-refractivity contribution in [2.24, 2.45) is 0 Å². The molecule has 1 aliphatic rings. The summed E-state index contributed by atoms with van der Waals surface area (Å²) in [7, 11) is -3.53. The summed E-state index contributed by atoms with van der Waals surface area (Å²) in [6, 6.07) is 8.34. The van der Waals surface area contributed by atoms with Gasteiger partial charge in [0.25, 0.3) is 0 Å². The predicted molar refractivity (Wildman–Crippen MR) is 74.4 cm³/mol. The van der Waals surface area contributed by atoms with Crippen LogP contribution in [0, 0.1) is 11.3 Å². The molecule has 0 saturated carbocycles. The van der Waals surface area contributed by atoms with Crippen LogP contribution in [0.25, 0.3) is 0 Å². The Morgan fingerprint density at radius 3 is 2.45 bits per heavy atom. The molecule has 0 aromatic heterocycles. The Morgan fingerprint density at radius 1 is 1.35 bits per heavy atom. The number of hydrogen-bond acceptors (Lipinski definition) is 4. The van der Waals surface area contributed by atoms with E-state index < -0.39 is 15.6 Å². The molecule has 0 radical (unpaired) electrons. The van der Waals surface area contributed by atoms with Gasteiger partial charge >= 0.3 is 0 Å². The van der Waals surface area contributed by atoms with Crippen LogP contribution in [0.2, 0.25) is 0 Å². The Hall–Kier alpha value is -1.42. The predicted octanol–water partition coefficient (Wildman–Crippen LogP) is 1.29. The standard InChI is InChI=1S/C14H18N2O3S/c1-2-8-14(17)10-16(11-14)20(18,19)13-5-3-12(4-6-13)7-9-15/h3-6,17H,2,7-8,10-11H2,1H3. The zero-order valence-electron chi connectivity index (χ0n) is 11.4. The molecule has 0 unspecified atom stereocenters. The summed E-state index contributed by atoms with van der Waals surface area (Å²) in [6.07, 6.45) is 1.70. The first-order valence-electron chi connectivity index (χ1n) is 6.60. The first-order chi connectivity index (χ1) is 9.41. The maximum atomic E-state index is 12.3. The maximum absolute atomic E-state index is 12.3. The second-order valence-corrected chi connectivity index (χ2v) is 7.16. The van der Waals surface area contributed by atoms with Crippen LogP contribution in [0.4, 0.5) is 0 Å². The Balaban J connectivity index is 2.11. The molecule has 1 aliphatic heterocycles. The summed E-state index contributed by atoms with van der Waals surface area (Å²) < 4.78 is 25.9.